The van der Waals surface area contributed by atoms with Crippen molar-refractivity contribution in [2.24, 2.45) is 0 Å². The van der Waals surface area contributed by atoms with E-state index in [0.717, 1.165) is 24.2 Å². The first-order valence-electron chi connectivity index (χ1n) is 9.09. The number of hydrogen-bond acceptors (Lipinski definition) is 5. The second-order valence-electron chi connectivity index (χ2n) is 6.38. The molecule has 1 N–H and O–H groups in total. The summed E-state index contributed by atoms with van der Waals surface area (Å²) in [6, 6.07) is 16.5. The van der Waals surface area contributed by atoms with Gasteiger partial charge in [0.25, 0.3) is 12.2 Å². The lowest BCUT2D eigenvalue weighted by atomic mass is 10.1. The summed E-state index contributed by atoms with van der Waals surface area (Å²) in [6.07, 6.45) is 3.45. The maximum Gasteiger partial charge on any atom is 0.290 e. The van der Waals surface area contributed by atoms with E-state index in [2.05, 4.69) is 4.90 Å². The van der Waals surface area contributed by atoms with Crippen LogP contribution in [0.25, 0.3) is 6.08 Å². The van der Waals surface area contributed by atoms with Gasteiger partial charge < -0.3 is 10.0 Å². The average molecular weight is 397 g/mol. The zero-order valence-electron chi connectivity index (χ0n) is 15.9. The summed E-state index contributed by atoms with van der Waals surface area (Å²) in [5, 5.41) is 17.8. The fourth-order valence-corrected chi connectivity index (χ4v) is 2.99. The minimum absolute atomic E-state index is 0.0175. The van der Waals surface area contributed by atoms with Crippen molar-refractivity contribution < 1.29 is 19.6 Å². The van der Waals surface area contributed by atoms with Crippen molar-refractivity contribution in [3.05, 3.63) is 81.9 Å². The number of benzene rings is 2. The molecule has 0 saturated carbocycles. The molecule has 1 aliphatic rings. The molecule has 8 nitrogen and oxygen atoms in total. The molecular formula is C21H23N3O5. The number of nitrogens with zero attached hydrogens (tertiary/aromatic N) is 3. The monoisotopic (exact) mass is 397 g/mol. The number of non-ortho nitro benzene ring substituents is 1. The lowest BCUT2D eigenvalue weighted by Crippen LogP contribution is -2.47. The topological polar surface area (TPSA) is 104 Å². The molecule has 0 bridgehead atoms. The molecule has 29 heavy (non-hydrogen) atoms. The fourth-order valence-electron chi connectivity index (χ4n) is 2.99. The first kappa shape index (κ1) is 21.8. The van der Waals surface area contributed by atoms with Crippen LogP contribution in [0.3, 0.4) is 0 Å². The van der Waals surface area contributed by atoms with E-state index in [-0.39, 0.29) is 23.0 Å². The second-order valence-corrected chi connectivity index (χ2v) is 6.38. The molecule has 1 fully saturated rings. The number of nitro groups is 1. The predicted molar refractivity (Wildman–Crippen MR) is 109 cm³/mol. The van der Waals surface area contributed by atoms with E-state index in [4.69, 9.17) is 9.90 Å². The van der Waals surface area contributed by atoms with Crippen LogP contribution in [0.15, 0.2) is 60.7 Å². The van der Waals surface area contributed by atoms with E-state index in [0.29, 0.717) is 19.6 Å². The molecule has 152 valence electrons. The van der Waals surface area contributed by atoms with Crippen molar-refractivity contribution in [1.29, 1.82) is 0 Å². The van der Waals surface area contributed by atoms with E-state index in [1.54, 1.807) is 18.2 Å². The molecule has 0 aromatic heterocycles. The molecule has 1 amide bonds. The van der Waals surface area contributed by atoms with Crippen LogP contribution >= 0.6 is 0 Å². The zero-order chi connectivity index (χ0) is 21.1. The van der Waals surface area contributed by atoms with Gasteiger partial charge in [0.05, 0.1) is 4.92 Å². The van der Waals surface area contributed by atoms with Crippen LogP contribution in [-0.2, 0) is 16.1 Å². The number of nitro benzene ring substituents is 1. The fraction of sp³-hybridized carbons (Fsp3) is 0.238. The SMILES string of the molecule is O=C(/C=C/c1ccccc1)N1CCN(Cc2cccc([N+](=O)[O-])c2)CC1.O=CO. The number of carbonyl (C=O) groups is 2. The number of carbonyl (C=O) groups excluding carboxylic acids is 1. The largest absolute Gasteiger partial charge is 0.483 e. The number of hydrogen-bond donors (Lipinski definition) is 1. The molecule has 0 radical (unpaired) electrons. The van der Waals surface area contributed by atoms with Crippen molar-refractivity contribution in [1.82, 2.24) is 9.80 Å². The summed E-state index contributed by atoms with van der Waals surface area (Å²) in [4.78, 5) is 35.2. The maximum absolute atomic E-state index is 12.3. The predicted octanol–water partition coefficient (Wildman–Crippen LogP) is 2.65. The van der Waals surface area contributed by atoms with Gasteiger partial charge in [-0.2, -0.15) is 0 Å². The average Bonchev–Trinajstić information content (AvgIpc) is 2.74. The normalized spacial score (nSPS) is 14.1. The summed E-state index contributed by atoms with van der Waals surface area (Å²) in [5.41, 5.74) is 2.04. The Morgan fingerprint density at radius 3 is 2.34 bits per heavy atom. The van der Waals surface area contributed by atoms with Crippen LogP contribution < -0.4 is 0 Å². The van der Waals surface area contributed by atoms with Gasteiger partial charge in [-0.1, -0.05) is 42.5 Å². The Hall–Kier alpha value is -3.52. The van der Waals surface area contributed by atoms with Gasteiger partial charge in [-0.05, 0) is 17.2 Å². The van der Waals surface area contributed by atoms with Crippen molar-refractivity contribution in [2.75, 3.05) is 26.2 Å². The van der Waals surface area contributed by atoms with Crippen LogP contribution in [-0.4, -0.2) is 58.4 Å². The van der Waals surface area contributed by atoms with Crippen molar-refractivity contribution in [2.45, 2.75) is 6.54 Å². The van der Waals surface area contributed by atoms with Crippen molar-refractivity contribution >= 4 is 24.1 Å². The Bertz CT molecular complexity index is 846. The van der Waals surface area contributed by atoms with Crippen LogP contribution in [0.4, 0.5) is 5.69 Å². The van der Waals surface area contributed by atoms with Crippen LogP contribution in [0.5, 0.6) is 0 Å². The standard InChI is InChI=1S/C20H21N3O3.CH2O2/c24-20(10-9-17-5-2-1-3-6-17)22-13-11-21(12-14-22)16-18-7-4-8-19(15-18)23(25)26;2-1-3/h1-10,15H,11-14,16H2;1H,(H,2,3)/b10-9+;. The highest BCUT2D eigenvalue weighted by molar-refractivity contribution is 5.91. The van der Waals surface area contributed by atoms with Crippen molar-refractivity contribution in [3.8, 4) is 0 Å². The molecule has 3 rings (SSSR count). The van der Waals surface area contributed by atoms with E-state index in [9.17, 15) is 14.9 Å². The highest BCUT2D eigenvalue weighted by Crippen LogP contribution is 2.16. The number of amides is 1. The van der Waals surface area contributed by atoms with E-state index in [1.165, 1.54) is 6.07 Å². The van der Waals surface area contributed by atoms with Gasteiger partial charge in [0.2, 0.25) is 5.91 Å². The van der Waals surface area contributed by atoms with Gasteiger partial charge in [-0.25, -0.2) is 0 Å². The Labute approximate surface area is 168 Å². The third kappa shape index (κ3) is 7.19. The Balaban J connectivity index is 0.000000941. The zero-order valence-corrected chi connectivity index (χ0v) is 15.9. The van der Waals surface area contributed by atoms with E-state index >= 15 is 0 Å². The maximum atomic E-state index is 12.3. The van der Waals surface area contributed by atoms with Crippen molar-refractivity contribution in [3.63, 3.8) is 0 Å². The smallest absolute Gasteiger partial charge is 0.290 e. The number of piperazine rings is 1. The molecule has 1 heterocycles. The molecule has 0 atom stereocenters. The van der Waals surface area contributed by atoms with Gasteiger partial charge in [-0.3, -0.25) is 24.6 Å². The Morgan fingerprint density at radius 2 is 1.72 bits per heavy atom. The summed E-state index contributed by atoms with van der Waals surface area (Å²) < 4.78 is 0. The third-order valence-electron chi connectivity index (χ3n) is 4.43. The summed E-state index contributed by atoms with van der Waals surface area (Å²) in [6.45, 7) is 3.24. The molecule has 1 aliphatic heterocycles. The molecule has 0 unspecified atom stereocenters. The van der Waals surface area contributed by atoms with Gasteiger partial charge in [0, 0.05) is 50.9 Å². The summed E-state index contributed by atoms with van der Waals surface area (Å²) in [7, 11) is 0. The van der Waals surface area contributed by atoms with Gasteiger partial charge in [0.15, 0.2) is 0 Å². The molecule has 1 saturated heterocycles. The summed E-state index contributed by atoms with van der Waals surface area (Å²) >= 11 is 0. The van der Waals surface area contributed by atoms with Gasteiger partial charge in [-0.15, -0.1) is 0 Å². The minimum Gasteiger partial charge on any atom is -0.483 e. The number of rotatable bonds is 5. The molecule has 2 aromatic rings. The molecule has 0 aliphatic carbocycles. The highest BCUT2D eigenvalue weighted by Gasteiger charge is 2.20. The molecule has 8 heteroatoms. The van der Waals surface area contributed by atoms with Gasteiger partial charge in [0.1, 0.15) is 0 Å². The molecule has 2 aromatic carbocycles. The second kappa shape index (κ2) is 11.4. The minimum atomic E-state index is -0.376. The van der Waals surface area contributed by atoms with Crippen LogP contribution in [0.1, 0.15) is 11.1 Å². The first-order chi connectivity index (χ1) is 14.0. The van der Waals surface area contributed by atoms with Crippen LogP contribution in [0, 0.1) is 10.1 Å². The number of carboxylic acid groups (broad SMARTS) is 1. The van der Waals surface area contributed by atoms with E-state index < -0.39 is 0 Å². The van der Waals surface area contributed by atoms with Crippen LogP contribution in [0.2, 0.25) is 0 Å². The molecular weight excluding hydrogens is 374 g/mol. The third-order valence-corrected chi connectivity index (χ3v) is 4.43. The first-order valence-corrected chi connectivity index (χ1v) is 9.09. The quantitative estimate of drug-likeness (QED) is 0.360. The Kier molecular flexibility index (Phi) is 8.52. The lowest BCUT2D eigenvalue weighted by Gasteiger charge is -2.34. The Morgan fingerprint density at radius 1 is 1.07 bits per heavy atom. The van der Waals surface area contributed by atoms with E-state index in [1.807, 2.05) is 47.4 Å². The van der Waals surface area contributed by atoms with Gasteiger partial charge >= 0.3 is 0 Å². The molecule has 0 spiro atoms. The highest BCUT2D eigenvalue weighted by atomic mass is 16.6. The summed E-state index contributed by atoms with van der Waals surface area (Å²) in [5.74, 6) is 0.0175. The lowest BCUT2D eigenvalue weighted by molar-refractivity contribution is -0.384.